The molecule has 0 bridgehead atoms. The summed E-state index contributed by atoms with van der Waals surface area (Å²) in [6.07, 6.45) is 0. The van der Waals surface area contributed by atoms with E-state index in [0.29, 0.717) is 0 Å². The topological polar surface area (TPSA) is 6.48 Å². The van der Waals surface area contributed by atoms with E-state index in [1.807, 2.05) is 0 Å². The van der Waals surface area contributed by atoms with Gasteiger partial charge in [0, 0.05) is 28.0 Å². The van der Waals surface area contributed by atoms with Crippen LogP contribution in [0.3, 0.4) is 0 Å². The van der Waals surface area contributed by atoms with Crippen molar-refractivity contribution in [3.63, 3.8) is 0 Å². The molecule has 0 saturated heterocycles. The molecule has 13 rings (SSSR count). The highest BCUT2D eigenvalue weighted by Gasteiger charge is 2.51. The lowest BCUT2D eigenvalue weighted by Crippen LogP contribution is -2.36. The summed E-state index contributed by atoms with van der Waals surface area (Å²) in [4.78, 5) is 4.93. The third kappa shape index (κ3) is 5.48. The molecule has 0 fully saturated rings. The van der Waals surface area contributed by atoms with Crippen molar-refractivity contribution >= 4 is 34.1 Å². The van der Waals surface area contributed by atoms with Crippen molar-refractivity contribution in [3.8, 4) is 44.5 Å². The first-order chi connectivity index (χ1) is 32.5. The lowest BCUT2D eigenvalue weighted by atomic mass is 9.64. The van der Waals surface area contributed by atoms with Crippen LogP contribution in [0.5, 0.6) is 0 Å². The van der Waals surface area contributed by atoms with Crippen LogP contribution in [0.2, 0.25) is 0 Å². The zero-order valence-electron chi connectivity index (χ0n) is 37.0. The number of para-hydroxylation sites is 4. The Hall–Kier alpha value is -8.20. The van der Waals surface area contributed by atoms with Crippen molar-refractivity contribution < 1.29 is 0 Å². The minimum absolute atomic E-state index is 0.0904. The predicted octanol–water partition coefficient (Wildman–Crippen LogP) is 16.9. The van der Waals surface area contributed by atoms with E-state index in [9.17, 15) is 0 Å². The van der Waals surface area contributed by atoms with E-state index in [-0.39, 0.29) is 5.41 Å². The van der Waals surface area contributed by atoms with Crippen LogP contribution in [-0.2, 0) is 10.8 Å². The Morgan fingerprint density at radius 2 is 0.848 bits per heavy atom. The fourth-order valence-electron chi connectivity index (χ4n) is 11.8. The lowest BCUT2D eigenvalue weighted by Gasteiger charge is -2.45. The van der Waals surface area contributed by atoms with Crippen LogP contribution in [0.1, 0.15) is 47.2 Å². The van der Waals surface area contributed by atoms with Crippen molar-refractivity contribution in [1.82, 2.24) is 0 Å². The summed E-state index contributed by atoms with van der Waals surface area (Å²) in [5.41, 5.74) is 24.1. The Morgan fingerprint density at radius 3 is 1.58 bits per heavy atom. The molecule has 0 radical (unpaired) electrons. The van der Waals surface area contributed by atoms with Gasteiger partial charge in [-0.15, -0.1) is 0 Å². The average Bonchev–Trinajstić information content (AvgIpc) is 3.79. The predicted molar refractivity (Wildman–Crippen MR) is 275 cm³/mol. The average molecular weight is 843 g/mol. The van der Waals surface area contributed by atoms with Gasteiger partial charge in [0.1, 0.15) is 0 Å². The molecule has 0 saturated carbocycles. The fourth-order valence-corrected chi connectivity index (χ4v) is 11.8. The Bertz CT molecular complexity index is 3480. The molecule has 0 amide bonds. The first kappa shape index (κ1) is 38.3. The lowest BCUT2D eigenvalue weighted by molar-refractivity contribution is 0.660. The quantitative estimate of drug-likeness (QED) is 0.165. The number of hydrogen-bond donors (Lipinski definition) is 0. The van der Waals surface area contributed by atoms with Crippen LogP contribution in [0.25, 0.3) is 44.5 Å². The monoisotopic (exact) mass is 842 g/mol. The molecule has 10 aromatic carbocycles. The second-order valence-electron chi connectivity index (χ2n) is 18.4. The molecule has 2 nitrogen and oxygen atoms in total. The Balaban J connectivity index is 1.05. The maximum Gasteiger partial charge on any atom is 0.0754 e. The molecule has 1 aliphatic heterocycles. The van der Waals surface area contributed by atoms with E-state index in [0.717, 1.165) is 22.7 Å². The van der Waals surface area contributed by atoms with E-state index in [2.05, 4.69) is 266 Å². The highest BCUT2D eigenvalue weighted by molar-refractivity contribution is 5.98. The van der Waals surface area contributed by atoms with Gasteiger partial charge < -0.3 is 9.80 Å². The van der Waals surface area contributed by atoms with E-state index in [4.69, 9.17) is 0 Å². The Morgan fingerprint density at radius 1 is 0.318 bits per heavy atom. The van der Waals surface area contributed by atoms with Crippen LogP contribution in [0, 0.1) is 0 Å². The summed E-state index contributed by atoms with van der Waals surface area (Å²) < 4.78 is 0. The third-order valence-corrected chi connectivity index (χ3v) is 14.6. The third-order valence-electron chi connectivity index (χ3n) is 14.6. The molecule has 66 heavy (non-hydrogen) atoms. The zero-order chi connectivity index (χ0) is 44.0. The van der Waals surface area contributed by atoms with Crippen molar-refractivity contribution in [2.24, 2.45) is 0 Å². The molecule has 0 unspecified atom stereocenters. The highest BCUT2D eigenvalue weighted by Crippen LogP contribution is 2.64. The van der Waals surface area contributed by atoms with E-state index in [1.54, 1.807) is 0 Å². The summed E-state index contributed by atoms with van der Waals surface area (Å²) >= 11 is 0. The molecule has 1 heterocycles. The summed E-state index contributed by atoms with van der Waals surface area (Å²) in [7, 11) is 0. The normalized spacial score (nSPS) is 14.1. The van der Waals surface area contributed by atoms with Gasteiger partial charge in [0.15, 0.2) is 0 Å². The maximum atomic E-state index is 2.51. The van der Waals surface area contributed by atoms with Crippen LogP contribution in [0.4, 0.5) is 34.1 Å². The van der Waals surface area contributed by atoms with Crippen LogP contribution < -0.4 is 9.80 Å². The van der Waals surface area contributed by atoms with Crippen molar-refractivity contribution in [3.05, 3.63) is 276 Å². The molecule has 3 aliphatic rings. The molecule has 312 valence electrons. The molecular formula is C64H46N2. The van der Waals surface area contributed by atoms with Crippen molar-refractivity contribution in [2.45, 2.75) is 24.7 Å². The minimum Gasteiger partial charge on any atom is -0.310 e. The molecular weight excluding hydrogens is 797 g/mol. The van der Waals surface area contributed by atoms with Crippen LogP contribution in [-0.4, -0.2) is 0 Å². The number of rotatable bonds is 6. The zero-order valence-corrected chi connectivity index (χ0v) is 37.0. The SMILES string of the molecule is CC1(C)c2ccccc2-c2cc(N(c3cccc(-c4ccccc4)c3)c3ccccc3-c3ccc4c(c3)C3(c5ccccc5-4)c4ccccc4N(c4ccccc4)c4ccccc43)ccc21. The van der Waals surface area contributed by atoms with Gasteiger partial charge in [-0.1, -0.05) is 196 Å². The molecule has 10 aromatic rings. The van der Waals surface area contributed by atoms with Gasteiger partial charge in [-0.25, -0.2) is 0 Å². The summed E-state index contributed by atoms with van der Waals surface area (Å²) in [6.45, 7) is 4.71. The van der Waals surface area contributed by atoms with Gasteiger partial charge in [-0.05, 0) is 133 Å². The molecule has 0 aromatic heterocycles. The van der Waals surface area contributed by atoms with Crippen molar-refractivity contribution in [2.75, 3.05) is 9.80 Å². The second-order valence-corrected chi connectivity index (χ2v) is 18.4. The van der Waals surface area contributed by atoms with Crippen molar-refractivity contribution in [1.29, 1.82) is 0 Å². The van der Waals surface area contributed by atoms with Gasteiger partial charge in [0.25, 0.3) is 0 Å². The van der Waals surface area contributed by atoms with Crippen LogP contribution >= 0.6 is 0 Å². The standard InChI is InChI=1S/C64H46N2/c1-63(2)54-29-12-9-28-51(54)53-42-48(37-39-55(53)63)65(47-25-19-22-44(40-47)43-20-5-3-6-21-43)60-33-16-11-26-49(60)45-36-38-52-50-27-10-13-30-56(50)64(59(52)41-45)57-31-14-17-34-61(57)66(46-23-7-4-8-24-46)62-35-18-15-32-58(62)64/h3-42H,1-2H3. The molecule has 0 N–H and O–H groups in total. The fraction of sp³-hybridized carbons (Fsp3) is 0.0625. The summed E-state index contributed by atoms with van der Waals surface area (Å²) in [5, 5.41) is 0. The van der Waals surface area contributed by atoms with E-state index >= 15 is 0 Å². The van der Waals surface area contributed by atoms with E-state index in [1.165, 1.54) is 89.3 Å². The molecule has 2 heteroatoms. The number of fused-ring (bicyclic) bond motifs is 12. The van der Waals surface area contributed by atoms with E-state index < -0.39 is 5.41 Å². The van der Waals surface area contributed by atoms with Gasteiger partial charge >= 0.3 is 0 Å². The van der Waals surface area contributed by atoms with Gasteiger partial charge in [-0.2, -0.15) is 0 Å². The highest BCUT2D eigenvalue weighted by atomic mass is 15.2. The van der Waals surface area contributed by atoms with Gasteiger partial charge in [0.2, 0.25) is 0 Å². The largest absolute Gasteiger partial charge is 0.310 e. The van der Waals surface area contributed by atoms with Gasteiger partial charge in [-0.3, -0.25) is 0 Å². The molecule has 1 spiro atoms. The molecule has 0 atom stereocenters. The van der Waals surface area contributed by atoms with Crippen LogP contribution in [0.15, 0.2) is 243 Å². The first-order valence-electron chi connectivity index (χ1n) is 23.1. The summed E-state index contributed by atoms with van der Waals surface area (Å²) in [6, 6.07) is 90.1. The number of nitrogens with zero attached hydrogens (tertiary/aromatic N) is 2. The Labute approximate surface area is 387 Å². The number of anilines is 6. The summed E-state index contributed by atoms with van der Waals surface area (Å²) in [5.74, 6) is 0. The second kappa shape index (κ2) is 14.7. The first-order valence-corrected chi connectivity index (χ1v) is 23.1. The minimum atomic E-state index is -0.556. The number of hydrogen-bond acceptors (Lipinski definition) is 2. The molecule has 2 aliphatic carbocycles. The van der Waals surface area contributed by atoms with Gasteiger partial charge in [0.05, 0.1) is 22.5 Å². The smallest absolute Gasteiger partial charge is 0.0754 e. The Kier molecular flexibility index (Phi) is 8.51. The maximum absolute atomic E-state index is 2.51. The number of benzene rings is 10.